The summed E-state index contributed by atoms with van der Waals surface area (Å²) in [6, 6.07) is 9.24. The van der Waals surface area contributed by atoms with E-state index >= 15 is 0 Å². The summed E-state index contributed by atoms with van der Waals surface area (Å²) in [6.45, 7) is 9.40. The number of hydrogen-bond donors (Lipinski definition) is 0. The molecule has 3 rings (SSSR count). The predicted molar refractivity (Wildman–Crippen MR) is 91.9 cm³/mol. The van der Waals surface area contributed by atoms with Gasteiger partial charge in [-0.05, 0) is 46.6 Å². The summed E-state index contributed by atoms with van der Waals surface area (Å²) in [6.07, 6.45) is 6.95. The van der Waals surface area contributed by atoms with Gasteiger partial charge in [0.1, 0.15) is 0 Å². The first-order valence-electron chi connectivity index (χ1n) is 8.59. The lowest BCUT2D eigenvalue weighted by atomic mass is 9.83. The van der Waals surface area contributed by atoms with Crippen LogP contribution in [0.3, 0.4) is 0 Å². The quantitative estimate of drug-likeness (QED) is 0.545. The molecular formula is C20H29Cl. The summed E-state index contributed by atoms with van der Waals surface area (Å²) in [7, 11) is 0. The molecule has 1 unspecified atom stereocenters. The van der Waals surface area contributed by atoms with E-state index in [1.165, 1.54) is 43.2 Å². The first kappa shape index (κ1) is 15.4. The first-order valence-corrected chi connectivity index (χ1v) is 9.03. The summed E-state index contributed by atoms with van der Waals surface area (Å²) < 4.78 is 0. The molecule has 2 saturated carbocycles. The largest absolute Gasteiger partial charge is 0.117 e. The van der Waals surface area contributed by atoms with Crippen molar-refractivity contribution in [3.63, 3.8) is 0 Å². The molecule has 0 radical (unpaired) electrons. The molecule has 1 aromatic carbocycles. The van der Waals surface area contributed by atoms with E-state index in [0.717, 1.165) is 5.92 Å². The van der Waals surface area contributed by atoms with Crippen LogP contribution in [0.4, 0.5) is 0 Å². The third kappa shape index (κ3) is 2.54. The molecule has 0 amide bonds. The van der Waals surface area contributed by atoms with Crippen LogP contribution in [-0.4, -0.2) is 0 Å². The molecule has 116 valence electrons. The van der Waals surface area contributed by atoms with E-state index in [4.69, 9.17) is 11.6 Å². The molecule has 21 heavy (non-hydrogen) atoms. The van der Waals surface area contributed by atoms with Gasteiger partial charge in [-0.1, -0.05) is 71.2 Å². The lowest BCUT2D eigenvalue weighted by Crippen LogP contribution is -2.05. The highest BCUT2D eigenvalue weighted by atomic mass is 35.5. The van der Waals surface area contributed by atoms with Crippen molar-refractivity contribution in [2.24, 2.45) is 16.7 Å². The van der Waals surface area contributed by atoms with Gasteiger partial charge < -0.3 is 0 Å². The van der Waals surface area contributed by atoms with Gasteiger partial charge in [-0.2, -0.15) is 0 Å². The van der Waals surface area contributed by atoms with Gasteiger partial charge in [0.25, 0.3) is 0 Å². The molecule has 2 aliphatic rings. The number of halogens is 1. The molecule has 0 aliphatic heterocycles. The molecule has 0 nitrogen and oxygen atoms in total. The van der Waals surface area contributed by atoms with Crippen LogP contribution in [0.5, 0.6) is 0 Å². The topological polar surface area (TPSA) is 0 Å². The number of benzene rings is 1. The number of rotatable bonds is 3. The summed E-state index contributed by atoms with van der Waals surface area (Å²) in [5, 5.41) is 0.149. The molecule has 0 aromatic heterocycles. The molecule has 0 spiro atoms. The van der Waals surface area contributed by atoms with Crippen molar-refractivity contribution in [1.82, 2.24) is 0 Å². The lowest BCUT2D eigenvalue weighted by Gasteiger charge is -2.22. The maximum atomic E-state index is 6.81. The summed E-state index contributed by atoms with van der Waals surface area (Å²) in [5.41, 5.74) is 3.53. The predicted octanol–water partition coefficient (Wildman–Crippen LogP) is 6.70. The molecule has 1 heteroatoms. The highest BCUT2D eigenvalue weighted by Gasteiger charge is 2.67. The zero-order valence-corrected chi connectivity index (χ0v) is 14.7. The van der Waals surface area contributed by atoms with Crippen molar-refractivity contribution < 1.29 is 0 Å². The smallest absolute Gasteiger partial charge is 0.0624 e. The Hall–Kier alpha value is -0.490. The van der Waals surface area contributed by atoms with E-state index in [-0.39, 0.29) is 5.38 Å². The summed E-state index contributed by atoms with van der Waals surface area (Å²) >= 11 is 6.81. The van der Waals surface area contributed by atoms with E-state index in [1.807, 2.05) is 0 Å². The second-order valence-electron chi connectivity index (χ2n) is 8.32. The van der Waals surface area contributed by atoms with Gasteiger partial charge in [0.2, 0.25) is 0 Å². The van der Waals surface area contributed by atoms with Gasteiger partial charge in [-0.3, -0.25) is 0 Å². The van der Waals surface area contributed by atoms with Crippen LogP contribution in [0.25, 0.3) is 0 Å². The van der Waals surface area contributed by atoms with E-state index in [1.54, 1.807) is 0 Å². The fourth-order valence-corrected chi connectivity index (χ4v) is 5.33. The Morgan fingerprint density at radius 2 is 1.43 bits per heavy atom. The Morgan fingerprint density at radius 3 is 1.90 bits per heavy atom. The normalized spacial score (nSPS) is 26.5. The Labute approximate surface area is 135 Å². The molecule has 0 bridgehead atoms. The van der Waals surface area contributed by atoms with Crippen LogP contribution in [-0.2, 0) is 0 Å². The Bertz CT molecular complexity index is 477. The molecule has 1 atom stereocenters. The van der Waals surface area contributed by atoms with Gasteiger partial charge in [-0.25, -0.2) is 0 Å². The highest BCUT2D eigenvalue weighted by Crippen LogP contribution is 2.73. The maximum absolute atomic E-state index is 6.81. The second-order valence-corrected chi connectivity index (χ2v) is 8.79. The van der Waals surface area contributed by atoms with Crippen LogP contribution >= 0.6 is 11.6 Å². The number of hydrogen-bond acceptors (Lipinski definition) is 0. The van der Waals surface area contributed by atoms with Crippen LogP contribution < -0.4 is 0 Å². The van der Waals surface area contributed by atoms with Gasteiger partial charge >= 0.3 is 0 Å². The molecule has 0 heterocycles. The van der Waals surface area contributed by atoms with Gasteiger partial charge in [0.15, 0.2) is 0 Å². The van der Waals surface area contributed by atoms with Crippen LogP contribution in [0.1, 0.15) is 82.2 Å². The lowest BCUT2D eigenvalue weighted by molar-refractivity contribution is 0.443. The van der Waals surface area contributed by atoms with Gasteiger partial charge in [0, 0.05) is 0 Å². The minimum Gasteiger partial charge on any atom is -0.117 e. The molecular weight excluding hydrogens is 276 g/mol. The second kappa shape index (κ2) is 5.30. The average Bonchev–Trinajstić information content (AvgIpc) is 2.89. The van der Waals surface area contributed by atoms with Crippen molar-refractivity contribution >= 4 is 11.6 Å². The third-order valence-corrected chi connectivity index (χ3v) is 7.26. The molecule has 2 fully saturated rings. The van der Waals surface area contributed by atoms with E-state index < -0.39 is 0 Å². The highest BCUT2D eigenvalue weighted by molar-refractivity contribution is 6.21. The average molecular weight is 305 g/mol. The molecule has 0 saturated heterocycles. The zero-order chi connectivity index (χ0) is 15.3. The summed E-state index contributed by atoms with van der Waals surface area (Å²) in [4.78, 5) is 0. The van der Waals surface area contributed by atoms with Crippen molar-refractivity contribution in [2.75, 3.05) is 0 Å². The van der Waals surface area contributed by atoms with Crippen LogP contribution in [0.2, 0.25) is 0 Å². The van der Waals surface area contributed by atoms with E-state index in [2.05, 4.69) is 52.0 Å². The van der Waals surface area contributed by atoms with Gasteiger partial charge in [-0.15, -0.1) is 11.6 Å². The summed E-state index contributed by atoms with van der Waals surface area (Å²) in [5.74, 6) is 1.36. The van der Waals surface area contributed by atoms with E-state index in [9.17, 15) is 0 Å². The first-order chi connectivity index (χ1) is 9.85. The Morgan fingerprint density at radius 1 is 0.905 bits per heavy atom. The zero-order valence-electron chi connectivity index (χ0n) is 14.0. The van der Waals surface area contributed by atoms with Crippen molar-refractivity contribution in [2.45, 2.75) is 71.1 Å². The van der Waals surface area contributed by atoms with Crippen molar-refractivity contribution in [3.8, 4) is 0 Å². The molecule has 1 aromatic rings. The molecule has 0 N–H and O–H groups in total. The third-order valence-electron chi connectivity index (χ3n) is 6.76. The molecule has 2 aliphatic carbocycles. The standard InChI is InChI=1S/C20H29Cl/c1-19(2)18(20(19,3)4)17(21)16-12-10-15(11-13-16)14-8-6-5-7-9-14/h10-14,17-18H,5-9H2,1-4H3. The number of alkyl halides is 1. The Balaban J connectivity index is 1.73. The minimum atomic E-state index is 0.149. The maximum Gasteiger partial charge on any atom is 0.0624 e. The van der Waals surface area contributed by atoms with Crippen LogP contribution in [0, 0.1) is 16.7 Å². The monoisotopic (exact) mass is 304 g/mol. The minimum absolute atomic E-state index is 0.149. The van der Waals surface area contributed by atoms with Gasteiger partial charge in [0.05, 0.1) is 5.38 Å². The fourth-order valence-electron chi connectivity index (χ4n) is 4.56. The van der Waals surface area contributed by atoms with E-state index in [0.29, 0.717) is 16.7 Å². The van der Waals surface area contributed by atoms with Crippen molar-refractivity contribution in [3.05, 3.63) is 35.4 Å². The fraction of sp³-hybridized carbons (Fsp3) is 0.700. The SMILES string of the molecule is CC1(C)C(C(Cl)c2ccc(C3CCCCC3)cc2)C1(C)C. The van der Waals surface area contributed by atoms with Crippen molar-refractivity contribution in [1.29, 1.82) is 0 Å². The Kier molecular flexibility index (Phi) is 3.89. The van der Waals surface area contributed by atoms with Crippen LogP contribution in [0.15, 0.2) is 24.3 Å².